The van der Waals surface area contributed by atoms with Crippen LogP contribution >= 0.6 is 0 Å². The number of ether oxygens (including phenoxy) is 1. The van der Waals surface area contributed by atoms with Crippen LogP contribution in [0.25, 0.3) is 0 Å². The van der Waals surface area contributed by atoms with E-state index in [2.05, 4.69) is 5.10 Å². The second-order valence-electron chi connectivity index (χ2n) is 6.23. The molecule has 1 aromatic heterocycles. The fraction of sp³-hybridized carbons (Fsp3) is 0.421. The molecule has 0 bridgehead atoms. The SMILES string of the molecule is CCC(C(=O)N1CCN(C(=O)c2ccccc2OC)CC1)n1cccn1. The Hall–Kier alpha value is -2.83. The maximum Gasteiger partial charge on any atom is 0.257 e. The number of benzene rings is 1. The van der Waals surface area contributed by atoms with Crippen molar-refractivity contribution in [2.24, 2.45) is 0 Å². The second-order valence-corrected chi connectivity index (χ2v) is 6.23. The summed E-state index contributed by atoms with van der Waals surface area (Å²) in [6.07, 6.45) is 4.17. The van der Waals surface area contributed by atoms with E-state index >= 15 is 0 Å². The van der Waals surface area contributed by atoms with Gasteiger partial charge in [-0.05, 0) is 24.6 Å². The molecular weight excluding hydrogens is 332 g/mol. The number of hydrogen-bond acceptors (Lipinski definition) is 4. The number of amides is 2. The smallest absolute Gasteiger partial charge is 0.257 e. The summed E-state index contributed by atoms with van der Waals surface area (Å²) >= 11 is 0. The van der Waals surface area contributed by atoms with Crippen LogP contribution in [0.3, 0.4) is 0 Å². The minimum absolute atomic E-state index is 0.0561. The largest absolute Gasteiger partial charge is 0.496 e. The molecule has 0 aliphatic carbocycles. The molecule has 138 valence electrons. The highest BCUT2D eigenvalue weighted by molar-refractivity contribution is 5.97. The number of hydrogen-bond donors (Lipinski definition) is 0. The third-order valence-electron chi connectivity index (χ3n) is 4.73. The van der Waals surface area contributed by atoms with Crippen molar-refractivity contribution in [2.45, 2.75) is 19.4 Å². The van der Waals surface area contributed by atoms with Crippen molar-refractivity contribution in [3.8, 4) is 5.75 Å². The molecule has 0 saturated carbocycles. The summed E-state index contributed by atoms with van der Waals surface area (Å²) in [6, 6.07) is 8.74. The third-order valence-corrected chi connectivity index (χ3v) is 4.73. The Bertz CT molecular complexity index is 752. The normalized spacial score (nSPS) is 15.6. The van der Waals surface area contributed by atoms with Crippen molar-refractivity contribution in [1.82, 2.24) is 19.6 Å². The molecule has 2 heterocycles. The highest BCUT2D eigenvalue weighted by atomic mass is 16.5. The Morgan fingerprint density at radius 2 is 1.81 bits per heavy atom. The highest BCUT2D eigenvalue weighted by Crippen LogP contribution is 2.21. The van der Waals surface area contributed by atoms with Gasteiger partial charge in [-0.3, -0.25) is 14.3 Å². The number of carbonyl (C=O) groups is 2. The van der Waals surface area contributed by atoms with E-state index in [-0.39, 0.29) is 17.9 Å². The van der Waals surface area contributed by atoms with Crippen LogP contribution in [0.15, 0.2) is 42.7 Å². The molecule has 0 radical (unpaired) electrons. The number of rotatable bonds is 5. The molecule has 2 aromatic rings. The lowest BCUT2D eigenvalue weighted by molar-refractivity contribution is -0.136. The van der Waals surface area contributed by atoms with E-state index in [1.165, 1.54) is 0 Å². The Balaban J connectivity index is 1.63. The van der Waals surface area contributed by atoms with Crippen LogP contribution in [-0.2, 0) is 4.79 Å². The zero-order chi connectivity index (χ0) is 18.5. The molecule has 1 saturated heterocycles. The number of para-hydroxylation sites is 1. The van der Waals surface area contributed by atoms with Crippen LogP contribution in [0, 0.1) is 0 Å². The minimum Gasteiger partial charge on any atom is -0.496 e. The van der Waals surface area contributed by atoms with Crippen molar-refractivity contribution in [1.29, 1.82) is 0 Å². The average molecular weight is 356 g/mol. The molecule has 26 heavy (non-hydrogen) atoms. The molecule has 2 amide bonds. The lowest BCUT2D eigenvalue weighted by Crippen LogP contribution is -2.52. The number of carbonyl (C=O) groups excluding carboxylic acids is 2. The van der Waals surface area contributed by atoms with Gasteiger partial charge in [0, 0.05) is 38.6 Å². The van der Waals surface area contributed by atoms with E-state index in [9.17, 15) is 9.59 Å². The van der Waals surface area contributed by atoms with Gasteiger partial charge in [0.05, 0.1) is 12.7 Å². The van der Waals surface area contributed by atoms with Gasteiger partial charge in [-0.1, -0.05) is 19.1 Å². The standard InChI is InChI=1S/C19H24N4O3/c1-3-16(23-10-6-9-20-23)19(25)22-13-11-21(12-14-22)18(24)15-7-4-5-8-17(15)26-2/h4-10,16H,3,11-14H2,1-2H3. The highest BCUT2D eigenvalue weighted by Gasteiger charge is 2.30. The van der Waals surface area contributed by atoms with E-state index in [4.69, 9.17) is 4.74 Å². The van der Waals surface area contributed by atoms with Gasteiger partial charge in [0.1, 0.15) is 11.8 Å². The molecule has 1 atom stereocenters. The maximum atomic E-state index is 12.8. The van der Waals surface area contributed by atoms with Crippen molar-refractivity contribution < 1.29 is 14.3 Å². The van der Waals surface area contributed by atoms with E-state index in [1.807, 2.05) is 36.2 Å². The number of aromatic nitrogens is 2. The summed E-state index contributed by atoms with van der Waals surface area (Å²) in [5.74, 6) is 0.565. The van der Waals surface area contributed by atoms with Crippen molar-refractivity contribution in [3.05, 3.63) is 48.3 Å². The van der Waals surface area contributed by atoms with E-state index in [0.717, 1.165) is 0 Å². The first-order valence-corrected chi connectivity index (χ1v) is 8.86. The Morgan fingerprint density at radius 3 is 2.42 bits per heavy atom. The van der Waals surface area contributed by atoms with Gasteiger partial charge in [0.2, 0.25) is 5.91 Å². The number of piperazine rings is 1. The molecule has 1 aromatic carbocycles. The third kappa shape index (κ3) is 3.56. The van der Waals surface area contributed by atoms with Crippen molar-refractivity contribution in [3.63, 3.8) is 0 Å². The maximum absolute atomic E-state index is 12.8. The Kier molecular flexibility index (Phi) is 5.55. The van der Waals surface area contributed by atoms with Crippen molar-refractivity contribution in [2.75, 3.05) is 33.3 Å². The van der Waals surface area contributed by atoms with Gasteiger partial charge >= 0.3 is 0 Å². The van der Waals surface area contributed by atoms with E-state index in [1.54, 1.807) is 35.0 Å². The first-order chi connectivity index (χ1) is 12.7. The van der Waals surface area contributed by atoms with E-state index < -0.39 is 0 Å². The molecule has 3 rings (SSSR count). The number of methoxy groups -OCH3 is 1. The summed E-state index contributed by atoms with van der Waals surface area (Å²) in [6.45, 7) is 4.05. The molecule has 1 fully saturated rings. The summed E-state index contributed by atoms with van der Waals surface area (Å²) < 4.78 is 6.99. The first-order valence-electron chi connectivity index (χ1n) is 8.86. The Labute approximate surface area is 153 Å². The first kappa shape index (κ1) is 18.0. The van der Waals surface area contributed by atoms with Gasteiger partial charge in [-0.2, -0.15) is 5.10 Å². The van der Waals surface area contributed by atoms with E-state index in [0.29, 0.717) is 43.9 Å². The van der Waals surface area contributed by atoms with Gasteiger partial charge < -0.3 is 14.5 Å². The molecule has 1 aliphatic heterocycles. The second kappa shape index (κ2) is 8.03. The summed E-state index contributed by atoms with van der Waals surface area (Å²) in [5.41, 5.74) is 0.553. The van der Waals surface area contributed by atoms with Crippen LogP contribution in [0.5, 0.6) is 5.75 Å². The molecule has 7 nitrogen and oxygen atoms in total. The summed E-state index contributed by atoms with van der Waals surface area (Å²) in [5, 5.41) is 4.20. The van der Waals surface area contributed by atoms with Gasteiger partial charge in [0.25, 0.3) is 5.91 Å². The zero-order valence-corrected chi connectivity index (χ0v) is 15.2. The minimum atomic E-state index is -0.290. The summed E-state index contributed by atoms with van der Waals surface area (Å²) in [4.78, 5) is 29.2. The lowest BCUT2D eigenvalue weighted by Gasteiger charge is -2.36. The molecule has 7 heteroatoms. The molecule has 0 spiro atoms. The topological polar surface area (TPSA) is 67.7 Å². The Morgan fingerprint density at radius 1 is 1.12 bits per heavy atom. The van der Waals surface area contributed by atoms with Gasteiger partial charge in [0.15, 0.2) is 0 Å². The predicted octanol–water partition coefficient (Wildman–Crippen LogP) is 1.83. The monoisotopic (exact) mass is 356 g/mol. The molecule has 1 aliphatic rings. The summed E-state index contributed by atoms with van der Waals surface area (Å²) in [7, 11) is 1.56. The van der Waals surface area contributed by atoms with Crippen LogP contribution in [0.2, 0.25) is 0 Å². The zero-order valence-electron chi connectivity index (χ0n) is 15.2. The van der Waals surface area contributed by atoms with Crippen LogP contribution in [0.1, 0.15) is 29.7 Å². The van der Waals surface area contributed by atoms with Gasteiger partial charge in [-0.15, -0.1) is 0 Å². The predicted molar refractivity (Wildman–Crippen MR) is 97.0 cm³/mol. The fourth-order valence-corrected chi connectivity index (χ4v) is 3.27. The van der Waals surface area contributed by atoms with Crippen LogP contribution in [0.4, 0.5) is 0 Å². The molecule has 0 N–H and O–H groups in total. The fourth-order valence-electron chi connectivity index (χ4n) is 3.27. The number of nitrogens with zero attached hydrogens (tertiary/aromatic N) is 4. The molecular formula is C19H24N4O3. The van der Waals surface area contributed by atoms with Crippen LogP contribution in [-0.4, -0.2) is 64.7 Å². The van der Waals surface area contributed by atoms with Crippen molar-refractivity contribution >= 4 is 11.8 Å². The van der Waals surface area contributed by atoms with Crippen LogP contribution < -0.4 is 4.74 Å². The lowest BCUT2D eigenvalue weighted by atomic mass is 10.1. The molecule has 1 unspecified atom stereocenters. The average Bonchev–Trinajstić information content (AvgIpc) is 3.22. The van der Waals surface area contributed by atoms with Gasteiger partial charge in [-0.25, -0.2) is 0 Å². The quantitative estimate of drug-likeness (QED) is 0.820.